The summed E-state index contributed by atoms with van der Waals surface area (Å²) in [7, 11) is 0. The van der Waals surface area contributed by atoms with E-state index in [9.17, 15) is 0 Å². The van der Waals surface area contributed by atoms with Gasteiger partial charge in [0.25, 0.3) is 0 Å². The Labute approximate surface area is 174 Å². The van der Waals surface area contributed by atoms with Gasteiger partial charge < -0.3 is 4.74 Å². The Morgan fingerprint density at radius 1 is 0.966 bits per heavy atom. The molecule has 3 aromatic rings. The van der Waals surface area contributed by atoms with E-state index in [1.807, 2.05) is 0 Å². The summed E-state index contributed by atoms with van der Waals surface area (Å²) in [5.41, 5.74) is 3.73. The molecule has 0 radical (unpaired) electrons. The molecule has 0 heterocycles. The third kappa shape index (κ3) is 5.38. The van der Waals surface area contributed by atoms with Crippen molar-refractivity contribution < 1.29 is 4.74 Å². The zero-order valence-corrected chi connectivity index (χ0v) is 17.1. The number of ether oxygens (including phenoxy) is 1. The average Bonchev–Trinajstić information content (AvgIpc) is 3.28. The first-order valence-corrected chi connectivity index (χ1v) is 10.8. The molecule has 1 nitrogen and oxygen atoms in total. The second-order valence-electron chi connectivity index (χ2n) is 8.07. The van der Waals surface area contributed by atoms with Crippen LogP contribution < -0.4 is 4.74 Å². The standard InChI is InChI=1S/C28H30O/c1-22(26-18-17-25-12-4-5-13-27(25)21-26)15-16-24-10-6-14-28(20-24)29-19-7-11-23-8-2-3-9-23/h2,4-6,8,10,12-14,17-18,20-21,23H,1,3,7,9,11,15-16,19H2. The molecule has 1 atom stereocenters. The van der Waals surface area contributed by atoms with Crippen LogP contribution in [-0.2, 0) is 6.42 Å². The molecule has 148 valence electrons. The Morgan fingerprint density at radius 2 is 1.86 bits per heavy atom. The van der Waals surface area contributed by atoms with E-state index >= 15 is 0 Å². The molecule has 0 saturated heterocycles. The van der Waals surface area contributed by atoms with E-state index in [1.54, 1.807) is 0 Å². The fraction of sp³-hybridized carbons (Fsp3) is 0.286. The van der Waals surface area contributed by atoms with Gasteiger partial charge in [0, 0.05) is 0 Å². The molecule has 0 aromatic heterocycles. The van der Waals surface area contributed by atoms with Crippen LogP contribution in [0, 0.1) is 5.92 Å². The van der Waals surface area contributed by atoms with Crippen LogP contribution in [0.3, 0.4) is 0 Å². The predicted octanol–water partition coefficient (Wildman–Crippen LogP) is 7.61. The number of hydrogen-bond donors (Lipinski definition) is 0. The summed E-state index contributed by atoms with van der Waals surface area (Å²) >= 11 is 0. The molecule has 1 unspecified atom stereocenters. The van der Waals surface area contributed by atoms with Crippen molar-refractivity contribution in [3.05, 3.63) is 96.6 Å². The molecule has 0 aliphatic heterocycles. The first kappa shape index (κ1) is 19.5. The highest BCUT2D eigenvalue weighted by molar-refractivity contribution is 5.86. The van der Waals surface area contributed by atoms with Crippen molar-refractivity contribution in [3.8, 4) is 5.75 Å². The van der Waals surface area contributed by atoms with E-state index in [4.69, 9.17) is 4.74 Å². The van der Waals surface area contributed by atoms with Gasteiger partial charge in [-0.25, -0.2) is 0 Å². The van der Waals surface area contributed by atoms with Crippen molar-refractivity contribution in [2.24, 2.45) is 5.92 Å². The van der Waals surface area contributed by atoms with Gasteiger partial charge in [-0.05, 0) is 90.1 Å². The van der Waals surface area contributed by atoms with Crippen molar-refractivity contribution in [1.82, 2.24) is 0 Å². The van der Waals surface area contributed by atoms with E-state index in [2.05, 4.69) is 85.5 Å². The van der Waals surface area contributed by atoms with Gasteiger partial charge in [-0.3, -0.25) is 0 Å². The van der Waals surface area contributed by atoms with Gasteiger partial charge in [-0.2, -0.15) is 0 Å². The molecule has 3 aromatic carbocycles. The molecular formula is C28H30O. The molecule has 1 heteroatoms. The minimum absolute atomic E-state index is 0.769. The predicted molar refractivity (Wildman–Crippen MR) is 124 cm³/mol. The largest absolute Gasteiger partial charge is 0.494 e. The van der Waals surface area contributed by atoms with Crippen molar-refractivity contribution in [3.63, 3.8) is 0 Å². The van der Waals surface area contributed by atoms with Gasteiger partial charge >= 0.3 is 0 Å². The Balaban J connectivity index is 1.28. The van der Waals surface area contributed by atoms with E-state index < -0.39 is 0 Å². The van der Waals surface area contributed by atoms with Crippen LogP contribution in [0.15, 0.2) is 85.5 Å². The minimum atomic E-state index is 0.769. The first-order chi connectivity index (χ1) is 14.3. The smallest absolute Gasteiger partial charge is 0.119 e. The Morgan fingerprint density at radius 3 is 2.72 bits per heavy atom. The SMILES string of the molecule is C=C(CCc1cccc(OCCCC2C=CCC2)c1)c1ccc2ccccc2c1. The zero-order valence-electron chi connectivity index (χ0n) is 17.1. The van der Waals surface area contributed by atoms with Crippen molar-refractivity contribution in [2.75, 3.05) is 6.61 Å². The minimum Gasteiger partial charge on any atom is -0.494 e. The number of fused-ring (bicyclic) bond motifs is 1. The van der Waals surface area contributed by atoms with Gasteiger partial charge in [-0.15, -0.1) is 0 Å². The van der Waals surface area contributed by atoms with Gasteiger partial charge in [0.15, 0.2) is 0 Å². The first-order valence-electron chi connectivity index (χ1n) is 10.8. The van der Waals surface area contributed by atoms with Crippen molar-refractivity contribution in [2.45, 2.75) is 38.5 Å². The molecule has 4 rings (SSSR count). The fourth-order valence-corrected chi connectivity index (χ4v) is 4.11. The Bertz CT molecular complexity index is 998. The molecule has 0 N–H and O–H groups in total. The highest BCUT2D eigenvalue weighted by Gasteiger charge is 2.08. The van der Waals surface area contributed by atoms with Crippen LogP contribution in [0.5, 0.6) is 5.75 Å². The molecular weight excluding hydrogens is 352 g/mol. The van der Waals surface area contributed by atoms with Gasteiger partial charge in [0.05, 0.1) is 6.61 Å². The summed E-state index contributed by atoms with van der Waals surface area (Å²) in [4.78, 5) is 0. The molecule has 0 amide bonds. The average molecular weight is 383 g/mol. The molecule has 1 aliphatic carbocycles. The van der Waals surface area contributed by atoms with E-state index in [0.717, 1.165) is 37.5 Å². The lowest BCUT2D eigenvalue weighted by atomic mass is 9.97. The topological polar surface area (TPSA) is 9.23 Å². The summed E-state index contributed by atoms with van der Waals surface area (Å²) in [6, 6.07) is 23.6. The number of aryl methyl sites for hydroxylation is 1. The maximum absolute atomic E-state index is 6.00. The number of benzene rings is 3. The third-order valence-corrected chi connectivity index (χ3v) is 5.87. The summed E-state index contributed by atoms with van der Waals surface area (Å²) in [6.07, 6.45) is 11.5. The quantitative estimate of drug-likeness (QED) is 0.273. The van der Waals surface area contributed by atoms with Crippen LogP contribution >= 0.6 is 0 Å². The monoisotopic (exact) mass is 382 g/mol. The van der Waals surface area contributed by atoms with Crippen LogP contribution in [0.1, 0.15) is 43.2 Å². The second kappa shape index (κ2) is 9.60. The maximum Gasteiger partial charge on any atom is 0.119 e. The zero-order chi connectivity index (χ0) is 19.9. The van der Waals surface area contributed by atoms with E-state index in [0.29, 0.717) is 0 Å². The molecule has 0 spiro atoms. The lowest BCUT2D eigenvalue weighted by molar-refractivity contribution is 0.298. The van der Waals surface area contributed by atoms with Gasteiger partial charge in [0.2, 0.25) is 0 Å². The van der Waals surface area contributed by atoms with Crippen LogP contribution in [0.25, 0.3) is 16.3 Å². The summed E-state index contributed by atoms with van der Waals surface area (Å²) < 4.78 is 6.00. The second-order valence-corrected chi connectivity index (χ2v) is 8.07. The number of allylic oxidation sites excluding steroid dienone is 3. The van der Waals surface area contributed by atoms with Gasteiger partial charge in [0.1, 0.15) is 5.75 Å². The lowest BCUT2D eigenvalue weighted by Gasteiger charge is -2.11. The fourth-order valence-electron chi connectivity index (χ4n) is 4.11. The van der Waals surface area contributed by atoms with E-state index in [1.165, 1.54) is 46.7 Å². The summed E-state index contributed by atoms with van der Waals surface area (Å²) in [5.74, 6) is 1.76. The number of rotatable bonds is 9. The molecule has 0 saturated carbocycles. The highest BCUT2D eigenvalue weighted by atomic mass is 16.5. The Kier molecular flexibility index (Phi) is 6.46. The lowest BCUT2D eigenvalue weighted by Crippen LogP contribution is -2.01. The van der Waals surface area contributed by atoms with Crippen LogP contribution in [-0.4, -0.2) is 6.61 Å². The van der Waals surface area contributed by atoms with E-state index in [-0.39, 0.29) is 0 Å². The number of hydrogen-bond acceptors (Lipinski definition) is 1. The van der Waals surface area contributed by atoms with Gasteiger partial charge in [-0.1, -0.05) is 67.3 Å². The van der Waals surface area contributed by atoms with Crippen LogP contribution in [0.4, 0.5) is 0 Å². The highest BCUT2D eigenvalue weighted by Crippen LogP contribution is 2.25. The van der Waals surface area contributed by atoms with Crippen molar-refractivity contribution in [1.29, 1.82) is 0 Å². The summed E-state index contributed by atoms with van der Waals surface area (Å²) in [6.45, 7) is 5.13. The molecule has 29 heavy (non-hydrogen) atoms. The molecule has 1 aliphatic rings. The molecule has 0 bridgehead atoms. The normalized spacial score (nSPS) is 15.7. The Hall–Kier alpha value is -2.80. The summed E-state index contributed by atoms with van der Waals surface area (Å²) in [5, 5.41) is 2.55. The van der Waals surface area contributed by atoms with Crippen molar-refractivity contribution >= 4 is 16.3 Å². The van der Waals surface area contributed by atoms with Crippen LogP contribution in [0.2, 0.25) is 0 Å². The maximum atomic E-state index is 6.00. The third-order valence-electron chi connectivity index (χ3n) is 5.87. The molecule has 0 fully saturated rings.